The van der Waals surface area contributed by atoms with Gasteiger partial charge in [0.25, 0.3) is 0 Å². The Hall–Kier alpha value is -0.960. The van der Waals surface area contributed by atoms with Gasteiger partial charge in [-0.25, -0.2) is 0 Å². The van der Waals surface area contributed by atoms with Crippen LogP contribution in [0.4, 0.5) is 0 Å². The number of fused-ring (bicyclic) bond motifs is 1. The number of thioether (sulfide) groups is 1. The van der Waals surface area contributed by atoms with E-state index in [1.165, 1.54) is 0 Å². The van der Waals surface area contributed by atoms with Crippen LogP contribution in [0.1, 0.15) is 12.0 Å². The lowest BCUT2D eigenvalue weighted by atomic mass is 10.1. The minimum Gasteiger partial charge on any atom is -0.508 e. The first-order valence-electron chi connectivity index (χ1n) is 4.22. The van der Waals surface area contributed by atoms with Gasteiger partial charge in [0.15, 0.2) is 0 Å². The molecule has 1 aromatic carbocycles. The van der Waals surface area contributed by atoms with Gasteiger partial charge in [-0.3, -0.25) is 0 Å². The smallest absolute Gasteiger partial charge is 0.121 e. The summed E-state index contributed by atoms with van der Waals surface area (Å²) in [6.45, 7) is 0. The maximum atomic E-state index is 10.3. The molecule has 0 saturated carbocycles. The van der Waals surface area contributed by atoms with Crippen molar-refractivity contribution in [2.75, 3.05) is 0 Å². The number of hydrogen-bond donors (Lipinski definition) is 1. The summed E-state index contributed by atoms with van der Waals surface area (Å²) in [5.74, 6) is 0.360. The second kappa shape index (κ2) is 3.42. The molecule has 2 rings (SSSR count). The zero-order chi connectivity index (χ0) is 9.26. The van der Waals surface area contributed by atoms with Gasteiger partial charge < -0.3 is 9.90 Å². The predicted molar refractivity (Wildman–Crippen MR) is 52.1 cm³/mol. The standard InChI is InChI=1S/C10H10O2S/c11-5-4-7-6-8-9(12)2-1-3-10(8)13-7/h1-3,5,7,12H,4,6H2. The normalized spacial score (nSPS) is 19.8. The number of hydrogen-bond acceptors (Lipinski definition) is 3. The van der Waals surface area contributed by atoms with Crippen LogP contribution in [-0.2, 0) is 11.2 Å². The van der Waals surface area contributed by atoms with Gasteiger partial charge in [-0.2, -0.15) is 0 Å². The number of benzene rings is 1. The van der Waals surface area contributed by atoms with E-state index in [0.717, 1.165) is 23.2 Å². The van der Waals surface area contributed by atoms with E-state index >= 15 is 0 Å². The van der Waals surface area contributed by atoms with Gasteiger partial charge in [0.05, 0.1) is 0 Å². The fourth-order valence-electron chi connectivity index (χ4n) is 1.56. The van der Waals surface area contributed by atoms with Crippen molar-refractivity contribution in [1.82, 2.24) is 0 Å². The second-order valence-electron chi connectivity index (χ2n) is 3.10. The van der Waals surface area contributed by atoms with Crippen molar-refractivity contribution in [3.8, 4) is 5.75 Å². The molecule has 0 amide bonds. The SMILES string of the molecule is O=CCC1Cc2c(O)cccc2S1. The lowest BCUT2D eigenvalue weighted by Crippen LogP contribution is -2.00. The van der Waals surface area contributed by atoms with Crippen LogP contribution in [0.3, 0.4) is 0 Å². The van der Waals surface area contributed by atoms with Crippen molar-refractivity contribution in [2.45, 2.75) is 23.0 Å². The zero-order valence-corrected chi connectivity index (χ0v) is 7.88. The van der Waals surface area contributed by atoms with E-state index in [4.69, 9.17) is 0 Å². The number of carbonyl (C=O) groups is 1. The quantitative estimate of drug-likeness (QED) is 0.732. The molecule has 2 nitrogen and oxygen atoms in total. The first-order valence-corrected chi connectivity index (χ1v) is 5.10. The summed E-state index contributed by atoms with van der Waals surface area (Å²) in [6, 6.07) is 5.53. The van der Waals surface area contributed by atoms with Crippen molar-refractivity contribution < 1.29 is 9.90 Å². The Labute approximate surface area is 81.0 Å². The third-order valence-corrected chi connectivity index (χ3v) is 3.52. The second-order valence-corrected chi connectivity index (χ2v) is 4.44. The van der Waals surface area contributed by atoms with E-state index in [9.17, 15) is 9.90 Å². The van der Waals surface area contributed by atoms with Gasteiger partial charge in [-0.05, 0) is 18.6 Å². The van der Waals surface area contributed by atoms with Crippen LogP contribution >= 0.6 is 11.8 Å². The van der Waals surface area contributed by atoms with Crippen LogP contribution in [0.25, 0.3) is 0 Å². The molecule has 13 heavy (non-hydrogen) atoms. The molecule has 1 N–H and O–H groups in total. The molecule has 1 unspecified atom stereocenters. The summed E-state index contributed by atoms with van der Waals surface area (Å²) in [4.78, 5) is 11.4. The number of phenols is 1. The summed E-state index contributed by atoms with van der Waals surface area (Å²) >= 11 is 1.68. The molecular formula is C10H10O2S. The fraction of sp³-hybridized carbons (Fsp3) is 0.300. The molecule has 68 valence electrons. The van der Waals surface area contributed by atoms with E-state index in [1.807, 2.05) is 12.1 Å². The monoisotopic (exact) mass is 194 g/mol. The fourth-order valence-corrected chi connectivity index (χ4v) is 2.83. The topological polar surface area (TPSA) is 37.3 Å². The van der Waals surface area contributed by atoms with Gasteiger partial charge in [-0.15, -0.1) is 11.8 Å². The molecule has 3 heteroatoms. The number of aldehydes is 1. The highest BCUT2D eigenvalue weighted by Crippen LogP contribution is 2.41. The Morgan fingerprint density at radius 1 is 1.62 bits per heavy atom. The van der Waals surface area contributed by atoms with E-state index < -0.39 is 0 Å². The minimum absolute atomic E-state index is 0.320. The van der Waals surface area contributed by atoms with Crippen LogP contribution in [0.15, 0.2) is 23.1 Å². The summed E-state index contributed by atoms with van der Waals surface area (Å²) in [5, 5.41) is 9.84. The lowest BCUT2D eigenvalue weighted by molar-refractivity contribution is -0.107. The molecule has 0 aliphatic carbocycles. The van der Waals surface area contributed by atoms with E-state index in [0.29, 0.717) is 17.4 Å². The minimum atomic E-state index is 0.320. The van der Waals surface area contributed by atoms with Gasteiger partial charge >= 0.3 is 0 Å². The molecule has 1 atom stereocenters. The van der Waals surface area contributed by atoms with Crippen LogP contribution in [0.2, 0.25) is 0 Å². The van der Waals surface area contributed by atoms with Crippen molar-refractivity contribution in [2.24, 2.45) is 0 Å². The number of carbonyl (C=O) groups excluding carboxylic acids is 1. The predicted octanol–water partition coefficient (Wildman–Crippen LogP) is 2.00. The Balaban J connectivity index is 2.24. The average Bonchev–Trinajstić information content (AvgIpc) is 2.49. The highest BCUT2D eigenvalue weighted by atomic mass is 32.2. The van der Waals surface area contributed by atoms with Crippen molar-refractivity contribution >= 4 is 18.0 Å². The van der Waals surface area contributed by atoms with Crippen LogP contribution in [0, 0.1) is 0 Å². The molecule has 0 saturated heterocycles. The molecule has 1 aliphatic heterocycles. The van der Waals surface area contributed by atoms with Gasteiger partial charge in [0.2, 0.25) is 0 Å². The number of aromatic hydroxyl groups is 1. The molecule has 0 aromatic heterocycles. The molecule has 1 aromatic rings. The van der Waals surface area contributed by atoms with Crippen molar-refractivity contribution in [3.63, 3.8) is 0 Å². The molecular weight excluding hydrogens is 184 g/mol. The first-order chi connectivity index (χ1) is 6.31. The summed E-state index contributed by atoms with van der Waals surface area (Å²) in [7, 11) is 0. The van der Waals surface area contributed by atoms with Crippen LogP contribution < -0.4 is 0 Å². The Morgan fingerprint density at radius 3 is 3.15 bits per heavy atom. The van der Waals surface area contributed by atoms with Crippen molar-refractivity contribution in [3.05, 3.63) is 23.8 Å². The van der Waals surface area contributed by atoms with E-state index in [-0.39, 0.29) is 0 Å². The lowest BCUT2D eigenvalue weighted by Gasteiger charge is -2.00. The largest absolute Gasteiger partial charge is 0.508 e. The molecule has 1 heterocycles. The molecule has 0 radical (unpaired) electrons. The maximum Gasteiger partial charge on any atom is 0.121 e. The summed E-state index contributed by atoms with van der Waals surface area (Å²) in [6.07, 6.45) is 2.32. The summed E-state index contributed by atoms with van der Waals surface area (Å²) < 4.78 is 0. The first kappa shape index (κ1) is 8.63. The Morgan fingerprint density at radius 2 is 2.46 bits per heavy atom. The zero-order valence-electron chi connectivity index (χ0n) is 7.06. The average molecular weight is 194 g/mol. The van der Waals surface area contributed by atoms with E-state index in [2.05, 4.69) is 0 Å². The van der Waals surface area contributed by atoms with Crippen molar-refractivity contribution in [1.29, 1.82) is 0 Å². The van der Waals surface area contributed by atoms with Gasteiger partial charge in [-0.1, -0.05) is 6.07 Å². The number of rotatable bonds is 2. The van der Waals surface area contributed by atoms with Gasteiger partial charge in [0.1, 0.15) is 12.0 Å². The maximum absolute atomic E-state index is 10.3. The highest BCUT2D eigenvalue weighted by molar-refractivity contribution is 8.00. The Kier molecular flexibility index (Phi) is 2.27. The highest BCUT2D eigenvalue weighted by Gasteiger charge is 2.23. The Bertz CT molecular complexity index is 336. The molecule has 0 fully saturated rings. The van der Waals surface area contributed by atoms with Crippen LogP contribution in [0.5, 0.6) is 5.75 Å². The van der Waals surface area contributed by atoms with Gasteiger partial charge in [0, 0.05) is 22.1 Å². The third kappa shape index (κ3) is 1.56. The third-order valence-electron chi connectivity index (χ3n) is 2.19. The van der Waals surface area contributed by atoms with Crippen LogP contribution in [-0.4, -0.2) is 16.6 Å². The molecule has 0 spiro atoms. The molecule has 1 aliphatic rings. The summed E-state index contributed by atoms with van der Waals surface area (Å²) in [5.41, 5.74) is 0.999. The van der Waals surface area contributed by atoms with E-state index in [1.54, 1.807) is 17.8 Å². The molecule has 0 bridgehead atoms. The number of phenolic OH excluding ortho intramolecular Hbond substituents is 1.